The van der Waals surface area contributed by atoms with E-state index in [0.29, 0.717) is 34.6 Å². The lowest BCUT2D eigenvalue weighted by Gasteiger charge is -2.15. The fourth-order valence-corrected chi connectivity index (χ4v) is 2.74. The topological polar surface area (TPSA) is 67.4 Å². The van der Waals surface area contributed by atoms with Crippen LogP contribution in [0.25, 0.3) is 0 Å². The number of alkyl halides is 2. The highest BCUT2D eigenvalue weighted by Gasteiger charge is 2.20. The summed E-state index contributed by atoms with van der Waals surface area (Å²) in [5, 5.41) is 5.65. The highest BCUT2D eigenvalue weighted by molar-refractivity contribution is 7.99. The Hall–Kier alpha value is -2.61. The maximum Gasteiger partial charge on any atom is 0.341 e. The second kappa shape index (κ2) is 9.91. The van der Waals surface area contributed by atoms with Crippen LogP contribution in [0, 0.1) is 0 Å². The molecule has 27 heavy (non-hydrogen) atoms. The Labute approximate surface area is 160 Å². The van der Waals surface area contributed by atoms with Gasteiger partial charge in [0.15, 0.2) is 6.10 Å². The van der Waals surface area contributed by atoms with E-state index in [4.69, 9.17) is 4.74 Å². The highest BCUT2D eigenvalue weighted by Crippen LogP contribution is 2.28. The second-order valence-electron chi connectivity index (χ2n) is 5.52. The summed E-state index contributed by atoms with van der Waals surface area (Å²) in [6.07, 6.45) is -0.920. The summed E-state index contributed by atoms with van der Waals surface area (Å²) in [5.74, 6) is -3.49. The molecule has 1 unspecified atom stereocenters. The molecule has 1 amide bonds. The number of nitrogens with one attached hydrogen (secondary N) is 2. The Bertz CT molecular complexity index is 785. The highest BCUT2D eigenvalue weighted by atomic mass is 32.2. The molecule has 144 valence electrons. The van der Waals surface area contributed by atoms with Crippen LogP contribution in [0.2, 0.25) is 0 Å². The molecule has 0 saturated carbocycles. The minimum Gasteiger partial charge on any atom is -0.449 e. The van der Waals surface area contributed by atoms with E-state index >= 15 is 0 Å². The van der Waals surface area contributed by atoms with Gasteiger partial charge in [0.25, 0.3) is 11.7 Å². The molecule has 8 heteroatoms. The molecule has 0 radical (unpaired) electrons. The summed E-state index contributed by atoms with van der Waals surface area (Å²) in [6, 6.07) is 13.1. The van der Waals surface area contributed by atoms with Crippen LogP contribution in [0.3, 0.4) is 0 Å². The van der Waals surface area contributed by atoms with Crippen LogP contribution in [0.5, 0.6) is 0 Å². The van der Waals surface area contributed by atoms with E-state index in [2.05, 4.69) is 10.6 Å². The lowest BCUT2D eigenvalue weighted by Crippen LogP contribution is -2.35. The Morgan fingerprint density at radius 2 is 1.78 bits per heavy atom. The number of anilines is 2. The predicted molar refractivity (Wildman–Crippen MR) is 102 cm³/mol. The Morgan fingerprint density at radius 1 is 1.11 bits per heavy atom. The van der Waals surface area contributed by atoms with Gasteiger partial charge in [-0.1, -0.05) is 23.9 Å². The number of hydrogen-bond acceptors (Lipinski definition) is 5. The Kier molecular flexibility index (Phi) is 7.60. The van der Waals surface area contributed by atoms with Crippen molar-refractivity contribution in [1.82, 2.24) is 5.32 Å². The third kappa shape index (κ3) is 6.25. The number of amides is 1. The van der Waals surface area contributed by atoms with Crippen molar-refractivity contribution in [3.8, 4) is 0 Å². The van der Waals surface area contributed by atoms with Crippen LogP contribution < -0.4 is 10.6 Å². The second-order valence-corrected chi connectivity index (χ2v) is 6.58. The van der Waals surface area contributed by atoms with E-state index in [0.717, 1.165) is 0 Å². The average molecular weight is 394 g/mol. The van der Waals surface area contributed by atoms with Gasteiger partial charge in [-0.05, 0) is 50.2 Å². The molecular weight excluding hydrogens is 374 g/mol. The van der Waals surface area contributed by atoms with Gasteiger partial charge in [0.05, 0.1) is 11.3 Å². The van der Waals surface area contributed by atoms with Crippen molar-refractivity contribution in [2.75, 3.05) is 11.9 Å². The van der Waals surface area contributed by atoms with Gasteiger partial charge in [-0.2, -0.15) is 8.78 Å². The third-order valence-electron chi connectivity index (χ3n) is 3.51. The van der Waals surface area contributed by atoms with Crippen molar-refractivity contribution >= 4 is 35.0 Å². The van der Waals surface area contributed by atoms with Gasteiger partial charge < -0.3 is 15.4 Å². The van der Waals surface area contributed by atoms with Gasteiger partial charge in [-0.15, -0.1) is 0 Å². The molecule has 0 bridgehead atoms. The zero-order valence-corrected chi connectivity index (χ0v) is 15.7. The quantitative estimate of drug-likeness (QED) is 0.512. The first kappa shape index (κ1) is 20.7. The fourth-order valence-electron chi connectivity index (χ4n) is 2.24. The van der Waals surface area contributed by atoms with Crippen molar-refractivity contribution in [2.24, 2.45) is 0 Å². The molecular formula is C19H20F2N2O3S. The minimum absolute atomic E-state index is 0.264. The molecule has 2 aromatic carbocycles. The molecule has 2 aromatic rings. The molecule has 0 aliphatic rings. The molecule has 0 heterocycles. The largest absolute Gasteiger partial charge is 0.449 e. The molecule has 2 N–H and O–H groups in total. The number of carbonyl (C=O) groups is 2. The smallest absolute Gasteiger partial charge is 0.341 e. The van der Waals surface area contributed by atoms with E-state index in [-0.39, 0.29) is 11.5 Å². The molecule has 0 spiro atoms. The standard InChI is InChI=1S/C19H20F2N2O3S/c1-3-22-17(24)12(2)26-18(25)15-6-4-5-7-16(15)23-13-8-10-14(11-9-13)27-19(20)21/h4-12,19,23H,3H2,1-2H3,(H,22,24). The summed E-state index contributed by atoms with van der Waals surface area (Å²) >= 11 is 0.462. The van der Waals surface area contributed by atoms with Gasteiger partial charge in [-0.3, -0.25) is 4.79 Å². The number of benzene rings is 2. The van der Waals surface area contributed by atoms with Gasteiger partial charge >= 0.3 is 5.97 Å². The molecule has 0 saturated heterocycles. The van der Waals surface area contributed by atoms with Crippen LogP contribution in [0.1, 0.15) is 24.2 Å². The molecule has 0 aliphatic heterocycles. The number of para-hydroxylation sites is 1. The van der Waals surface area contributed by atoms with Crippen LogP contribution in [0.4, 0.5) is 20.2 Å². The van der Waals surface area contributed by atoms with Crippen molar-refractivity contribution < 1.29 is 23.1 Å². The molecule has 5 nitrogen and oxygen atoms in total. The summed E-state index contributed by atoms with van der Waals surface area (Å²) in [4.78, 5) is 24.6. The number of ether oxygens (including phenoxy) is 1. The fraction of sp³-hybridized carbons (Fsp3) is 0.263. The predicted octanol–water partition coefficient (Wildman–Crippen LogP) is 4.43. The number of halogens is 2. The van der Waals surface area contributed by atoms with Crippen LogP contribution in [0.15, 0.2) is 53.4 Å². The summed E-state index contributed by atoms with van der Waals surface area (Å²) in [5.41, 5.74) is 1.38. The van der Waals surface area contributed by atoms with E-state index in [1.807, 2.05) is 0 Å². The van der Waals surface area contributed by atoms with Gasteiger partial charge in [0, 0.05) is 17.1 Å². The zero-order chi connectivity index (χ0) is 19.8. The van der Waals surface area contributed by atoms with Crippen LogP contribution >= 0.6 is 11.8 Å². The first-order chi connectivity index (χ1) is 12.9. The van der Waals surface area contributed by atoms with Gasteiger partial charge in [0.1, 0.15) is 0 Å². The molecule has 0 fully saturated rings. The van der Waals surface area contributed by atoms with Gasteiger partial charge in [0.2, 0.25) is 0 Å². The maximum atomic E-state index is 12.4. The van der Waals surface area contributed by atoms with E-state index in [1.54, 1.807) is 55.5 Å². The number of thioether (sulfide) groups is 1. The molecule has 0 aliphatic carbocycles. The zero-order valence-electron chi connectivity index (χ0n) is 14.9. The SMILES string of the molecule is CCNC(=O)C(C)OC(=O)c1ccccc1Nc1ccc(SC(F)F)cc1. The Morgan fingerprint density at radius 3 is 2.41 bits per heavy atom. The summed E-state index contributed by atoms with van der Waals surface area (Å²) in [7, 11) is 0. The lowest BCUT2D eigenvalue weighted by atomic mass is 10.1. The van der Waals surface area contributed by atoms with E-state index in [9.17, 15) is 18.4 Å². The van der Waals surface area contributed by atoms with Crippen molar-refractivity contribution in [2.45, 2.75) is 30.6 Å². The lowest BCUT2D eigenvalue weighted by molar-refractivity contribution is -0.128. The van der Waals surface area contributed by atoms with Crippen LogP contribution in [-0.2, 0) is 9.53 Å². The number of likely N-dealkylation sites (N-methyl/N-ethyl adjacent to an activating group) is 1. The van der Waals surface area contributed by atoms with Crippen LogP contribution in [-0.4, -0.2) is 30.3 Å². The normalized spacial score (nSPS) is 11.7. The van der Waals surface area contributed by atoms with Crippen molar-refractivity contribution in [3.05, 3.63) is 54.1 Å². The monoisotopic (exact) mass is 394 g/mol. The van der Waals surface area contributed by atoms with Gasteiger partial charge in [-0.25, -0.2) is 4.79 Å². The maximum absolute atomic E-state index is 12.4. The first-order valence-corrected chi connectivity index (χ1v) is 9.18. The summed E-state index contributed by atoms with van der Waals surface area (Å²) in [6.45, 7) is 3.72. The number of rotatable bonds is 8. The number of carbonyl (C=O) groups excluding carboxylic acids is 2. The molecule has 1 atom stereocenters. The number of hydrogen-bond donors (Lipinski definition) is 2. The molecule has 2 rings (SSSR count). The van der Waals surface area contributed by atoms with E-state index in [1.165, 1.54) is 6.92 Å². The molecule has 0 aromatic heterocycles. The van der Waals surface area contributed by atoms with Crippen molar-refractivity contribution in [3.63, 3.8) is 0 Å². The van der Waals surface area contributed by atoms with E-state index < -0.39 is 17.8 Å². The first-order valence-electron chi connectivity index (χ1n) is 8.30. The van der Waals surface area contributed by atoms with Crippen molar-refractivity contribution in [1.29, 1.82) is 0 Å². The summed E-state index contributed by atoms with van der Waals surface area (Å²) < 4.78 is 30.0. The average Bonchev–Trinajstić information content (AvgIpc) is 2.63. The Balaban J connectivity index is 2.11. The third-order valence-corrected chi connectivity index (χ3v) is 4.23. The number of esters is 1. The minimum atomic E-state index is -2.48.